The second-order valence-electron chi connectivity index (χ2n) is 5.17. The average Bonchev–Trinajstić information content (AvgIpc) is 2.95. The number of carboxylic acid groups (broad SMARTS) is 1. The van der Waals surface area contributed by atoms with Gasteiger partial charge in [0.05, 0.1) is 21.6 Å². The molecule has 3 rings (SSSR count). The van der Waals surface area contributed by atoms with Gasteiger partial charge in [-0.1, -0.05) is 35.9 Å². The smallest absolute Gasteiger partial charge is 0.264 e. The van der Waals surface area contributed by atoms with Crippen LogP contribution >= 0.6 is 23.4 Å². The molecule has 0 unspecified atom stereocenters. The number of thioether (sulfide) groups is 1. The van der Waals surface area contributed by atoms with Gasteiger partial charge in [0, 0.05) is 0 Å². The number of hydrogen-bond donors (Lipinski definition) is 1. The zero-order valence-electron chi connectivity index (χ0n) is 13.3. The standard InChI is InChI=1S/C18H13ClN2O4S/c19-13-6-1-2-7-14(13)20-18-21-17(24)15(26-18)9-11-4-3-5-12(8-11)25-10-16(22)23/h1-9H,10H2,(H,22,23)(H,20,21,24)/p-1/b15-9+. The molecular formula is C18H12ClN2O4S-. The van der Waals surface area contributed by atoms with Crippen molar-refractivity contribution in [1.29, 1.82) is 0 Å². The normalized spacial score (nSPS) is 16.7. The van der Waals surface area contributed by atoms with Crippen LogP contribution in [-0.4, -0.2) is 23.7 Å². The zero-order valence-corrected chi connectivity index (χ0v) is 14.8. The first-order valence-electron chi connectivity index (χ1n) is 7.48. The average molecular weight is 388 g/mol. The lowest BCUT2D eigenvalue weighted by atomic mass is 10.2. The summed E-state index contributed by atoms with van der Waals surface area (Å²) in [5.74, 6) is -1.21. The van der Waals surface area contributed by atoms with Crippen molar-refractivity contribution in [3.63, 3.8) is 0 Å². The third kappa shape index (κ3) is 4.65. The van der Waals surface area contributed by atoms with Crippen molar-refractivity contribution in [1.82, 2.24) is 5.32 Å². The molecule has 1 aliphatic rings. The van der Waals surface area contributed by atoms with E-state index >= 15 is 0 Å². The van der Waals surface area contributed by atoms with Gasteiger partial charge in [0.2, 0.25) is 0 Å². The van der Waals surface area contributed by atoms with Crippen LogP contribution in [0.25, 0.3) is 6.08 Å². The molecule has 2 aromatic carbocycles. The lowest BCUT2D eigenvalue weighted by Crippen LogP contribution is -2.28. The van der Waals surface area contributed by atoms with Crippen molar-refractivity contribution in [2.75, 3.05) is 6.61 Å². The fraction of sp³-hybridized carbons (Fsp3) is 0.0556. The van der Waals surface area contributed by atoms with Gasteiger partial charge >= 0.3 is 0 Å². The molecule has 1 amide bonds. The summed E-state index contributed by atoms with van der Waals surface area (Å²) in [4.78, 5) is 27.4. The highest BCUT2D eigenvalue weighted by Crippen LogP contribution is 2.31. The highest BCUT2D eigenvalue weighted by atomic mass is 35.5. The maximum absolute atomic E-state index is 12.1. The predicted octanol–water partition coefficient (Wildman–Crippen LogP) is 2.36. The fourth-order valence-electron chi connectivity index (χ4n) is 2.12. The minimum absolute atomic E-state index is 0.276. The first kappa shape index (κ1) is 18.0. The number of hydrogen-bond acceptors (Lipinski definition) is 6. The summed E-state index contributed by atoms with van der Waals surface area (Å²) in [6.07, 6.45) is 1.67. The molecule has 0 saturated carbocycles. The van der Waals surface area contributed by atoms with E-state index in [1.165, 1.54) is 11.8 Å². The summed E-state index contributed by atoms with van der Waals surface area (Å²) in [7, 11) is 0. The maximum atomic E-state index is 12.1. The molecule has 0 spiro atoms. The Bertz CT molecular complexity index is 927. The Balaban J connectivity index is 1.78. The van der Waals surface area contributed by atoms with E-state index in [2.05, 4.69) is 10.3 Å². The molecule has 0 bridgehead atoms. The van der Waals surface area contributed by atoms with Crippen molar-refractivity contribution in [2.45, 2.75) is 0 Å². The fourth-order valence-corrected chi connectivity index (χ4v) is 3.13. The highest BCUT2D eigenvalue weighted by Gasteiger charge is 2.24. The Morgan fingerprint density at radius 2 is 2.08 bits per heavy atom. The lowest BCUT2D eigenvalue weighted by molar-refractivity contribution is -0.307. The van der Waals surface area contributed by atoms with Gasteiger partial charge in [-0.15, -0.1) is 0 Å². The molecule has 1 N–H and O–H groups in total. The number of amidine groups is 1. The van der Waals surface area contributed by atoms with Crippen LogP contribution < -0.4 is 15.2 Å². The minimum Gasteiger partial charge on any atom is -0.546 e. The van der Waals surface area contributed by atoms with Gasteiger partial charge in [-0.3, -0.25) is 4.79 Å². The third-order valence-corrected chi connectivity index (χ3v) is 4.47. The van der Waals surface area contributed by atoms with E-state index in [1.54, 1.807) is 48.5 Å². The molecule has 2 aromatic rings. The summed E-state index contributed by atoms with van der Waals surface area (Å²) in [5, 5.41) is 14.1. The Hall–Kier alpha value is -2.77. The number of nitrogens with zero attached hydrogens (tertiary/aromatic N) is 1. The number of nitrogens with one attached hydrogen (secondary N) is 1. The van der Waals surface area contributed by atoms with Crippen LogP contribution in [0.4, 0.5) is 5.69 Å². The Morgan fingerprint density at radius 1 is 1.27 bits per heavy atom. The molecule has 1 saturated heterocycles. The molecule has 1 fully saturated rings. The molecule has 0 atom stereocenters. The summed E-state index contributed by atoms with van der Waals surface area (Å²) < 4.78 is 5.08. The molecular weight excluding hydrogens is 376 g/mol. The van der Waals surface area contributed by atoms with E-state index in [-0.39, 0.29) is 5.91 Å². The molecule has 132 valence electrons. The number of rotatable bonds is 5. The Morgan fingerprint density at radius 3 is 2.85 bits per heavy atom. The van der Waals surface area contributed by atoms with Crippen LogP contribution in [0.2, 0.25) is 5.02 Å². The third-order valence-electron chi connectivity index (χ3n) is 3.24. The van der Waals surface area contributed by atoms with Crippen molar-refractivity contribution >= 4 is 52.2 Å². The topological polar surface area (TPSA) is 90.8 Å². The zero-order chi connectivity index (χ0) is 18.5. The predicted molar refractivity (Wildman–Crippen MR) is 99.2 cm³/mol. The maximum Gasteiger partial charge on any atom is 0.264 e. The molecule has 1 heterocycles. The molecule has 1 aliphatic heterocycles. The van der Waals surface area contributed by atoms with Gasteiger partial charge in [0.15, 0.2) is 5.17 Å². The van der Waals surface area contributed by atoms with Gasteiger partial charge in [-0.2, -0.15) is 0 Å². The van der Waals surface area contributed by atoms with E-state index in [1.807, 2.05) is 6.07 Å². The number of para-hydroxylation sites is 1. The number of aliphatic carboxylic acids is 1. The van der Waals surface area contributed by atoms with Crippen molar-refractivity contribution in [2.24, 2.45) is 4.99 Å². The second-order valence-corrected chi connectivity index (χ2v) is 6.60. The number of benzene rings is 2. The molecule has 0 aliphatic carbocycles. The Labute approximate surface area is 158 Å². The van der Waals surface area contributed by atoms with Gasteiger partial charge in [0.1, 0.15) is 12.4 Å². The SMILES string of the molecule is O=C([O-])COc1cccc(/C=C2/SC(=Nc3ccccc3Cl)NC2=O)c1. The van der Waals surface area contributed by atoms with Crippen molar-refractivity contribution in [3.8, 4) is 5.75 Å². The Kier molecular flexibility index (Phi) is 5.60. The lowest BCUT2D eigenvalue weighted by Gasteiger charge is -2.07. The van der Waals surface area contributed by atoms with Gasteiger partial charge < -0.3 is 20.0 Å². The monoisotopic (exact) mass is 387 g/mol. The number of halogens is 1. The van der Waals surface area contributed by atoms with Crippen LogP contribution in [0.15, 0.2) is 58.4 Å². The van der Waals surface area contributed by atoms with Crippen LogP contribution in [-0.2, 0) is 9.59 Å². The molecule has 0 radical (unpaired) electrons. The van der Waals surface area contributed by atoms with Gasteiger partial charge in [-0.05, 0) is 47.7 Å². The largest absolute Gasteiger partial charge is 0.546 e. The van der Waals surface area contributed by atoms with E-state index in [4.69, 9.17) is 16.3 Å². The molecule has 8 heteroatoms. The molecule has 26 heavy (non-hydrogen) atoms. The number of carbonyl (C=O) groups is 2. The number of carboxylic acids is 1. The summed E-state index contributed by atoms with van der Waals surface area (Å²) in [5.41, 5.74) is 1.26. The van der Waals surface area contributed by atoms with Crippen LogP contribution in [0.5, 0.6) is 5.75 Å². The quantitative estimate of drug-likeness (QED) is 0.795. The minimum atomic E-state index is -1.31. The number of carbonyl (C=O) groups excluding carboxylic acids is 2. The summed E-state index contributed by atoms with van der Waals surface area (Å²) in [6.45, 7) is -0.538. The van der Waals surface area contributed by atoms with Gasteiger partial charge in [0.25, 0.3) is 5.91 Å². The van der Waals surface area contributed by atoms with Gasteiger partial charge in [-0.25, -0.2) is 4.99 Å². The first-order valence-corrected chi connectivity index (χ1v) is 8.67. The number of ether oxygens (including phenoxy) is 1. The van der Waals surface area contributed by atoms with Crippen molar-refractivity contribution in [3.05, 3.63) is 64.0 Å². The van der Waals surface area contributed by atoms with Crippen LogP contribution in [0.1, 0.15) is 5.56 Å². The molecule has 0 aromatic heterocycles. The summed E-state index contributed by atoms with van der Waals surface area (Å²) in [6, 6.07) is 13.8. The van der Waals surface area contributed by atoms with Crippen LogP contribution in [0.3, 0.4) is 0 Å². The van der Waals surface area contributed by atoms with Crippen molar-refractivity contribution < 1.29 is 19.4 Å². The second kappa shape index (κ2) is 8.07. The summed E-state index contributed by atoms with van der Waals surface area (Å²) >= 11 is 7.26. The van der Waals surface area contributed by atoms with E-state index in [0.29, 0.717) is 32.1 Å². The first-order chi connectivity index (χ1) is 12.5. The number of aliphatic imine (C=N–C) groups is 1. The number of amides is 1. The van der Waals surface area contributed by atoms with E-state index in [0.717, 1.165) is 0 Å². The van der Waals surface area contributed by atoms with E-state index < -0.39 is 12.6 Å². The van der Waals surface area contributed by atoms with E-state index in [9.17, 15) is 14.7 Å². The molecule has 6 nitrogen and oxygen atoms in total. The highest BCUT2D eigenvalue weighted by molar-refractivity contribution is 8.18. The van der Waals surface area contributed by atoms with Crippen LogP contribution in [0, 0.1) is 0 Å².